The molecule has 2 heteroatoms. The zero-order valence-corrected chi connectivity index (χ0v) is 11.2. The van der Waals surface area contributed by atoms with Gasteiger partial charge in [0.1, 0.15) is 0 Å². The fraction of sp³-hybridized carbons (Fsp3) is 0.278. The largest absolute Gasteiger partial charge is 0.465 e. The first-order valence-electron chi connectivity index (χ1n) is 7.14. The normalized spacial score (nSPS) is 27.6. The van der Waals surface area contributed by atoms with E-state index in [0.29, 0.717) is 6.61 Å². The van der Waals surface area contributed by atoms with E-state index in [1.165, 1.54) is 16.7 Å². The van der Waals surface area contributed by atoms with Crippen LogP contribution in [0.15, 0.2) is 54.6 Å². The van der Waals surface area contributed by atoms with Crippen LogP contribution < -0.4 is 0 Å². The highest BCUT2D eigenvalue weighted by Crippen LogP contribution is 2.46. The molecule has 0 bridgehead atoms. The Morgan fingerprint density at radius 3 is 2.55 bits per heavy atom. The molecule has 2 aliphatic rings. The second kappa shape index (κ2) is 4.48. The molecule has 1 heterocycles. The number of benzene rings is 2. The van der Waals surface area contributed by atoms with Gasteiger partial charge in [0.2, 0.25) is 0 Å². The highest BCUT2D eigenvalue weighted by Gasteiger charge is 2.46. The fourth-order valence-electron chi connectivity index (χ4n) is 3.72. The van der Waals surface area contributed by atoms with Gasteiger partial charge in [0.25, 0.3) is 0 Å². The minimum absolute atomic E-state index is 0.0227. The van der Waals surface area contributed by atoms with E-state index in [2.05, 4.69) is 48.5 Å². The van der Waals surface area contributed by atoms with Gasteiger partial charge in [-0.3, -0.25) is 4.79 Å². The van der Waals surface area contributed by atoms with Gasteiger partial charge in [0.15, 0.2) is 0 Å². The molecule has 1 aliphatic heterocycles. The van der Waals surface area contributed by atoms with E-state index in [-0.39, 0.29) is 23.7 Å². The monoisotopic (exact) mass is 264 g/mol. The van der Waals surface area contributed by atoms with Crippen molar-refractivity contribution in [3.05, 3.63) is 71.3 Å². The van der Waals surface area contributed by atoms with Gasteiger partial charge in [-0.2, -0.15) is 0 Å². The third-order valence-corrected chi connectivity index (χ3v) is 4.65. The molecule has 1 aliphatic carbocycles. The molecule has 1 fully saturated rings. The maximum Gasteiger partial charge on any atom is 0.309 e. The Morgan fingerprint density at radius 2 is 1.70 bits per heavy atom. The Hall–Kier alpha value is -2.09. The van der Waals surface area contributed by atoms with E-state index in [4.69, 9.17) is 4.74 Å². The summed E-state index contributed by atoms with van der Waals surface area (Å²) in [6, 6.07) is 19.0. The molecule has 20 heavy (non-hydrogen) atoms. The molecular formula is C18H16O2. The van der Waals surface area contributed by atoms with Crippen molar-refractivity contribution in [1.82, 2.24) is 0 Å². The van der Waals surface area contributed by atoms with Gasteiger partial charge >= 0.3 is 5.97 Å². The predicted molar refractivity (Wildman–Crippen MR) is 76.4 cm³/mol. The SMILES string of the molecule is O=C1OCC2C1Cc1ccccc1C2c1ccccc1. The number of carbonyl (C=O) groups is 1. The molecule has 2 aromatic carbocycles. The van der Waals surface area contributed by atoms with Crippen LogP contribution in [0.2, 0.25) is 0 Å². The number of cyclic esters (lactones) is 1. The van der Waals surface area contributed by atoms with Crippen molar-refractivity contribution in [3.8, 4) is 0 Å². The summed E-state index contributed by atoms with van der Waals surface area (Å²) in [5.74, 6) is 0.554. The molecule has 0 radical (unpaired) electrons. The Labute approximate surface area is 118 Å². The summed E-state index contributed by atoms with van der Waals surface area (Å²) in [5.41, 5.74) is 3.94. The molecule has 2 aromatic rings. The molecule has 3 atom stereocenters. The van der Waals surface area contributed by atoms with Gasteiger partial charge in [-0.1, -0.05) is 54.6 Å². The summed E-state index contributed by atoms with van der Waals surface area (Å²) in [4.78, 5) is 12.0. The quantitative estimate of drug-likeness (QED) is 0.740. The zero-order valence-electron chi connectivity index (χ0n) is 11.2. The summed E-state index contributed by atoms with van der Waals surface area (Å²) in [7, 11) is 0. The summed E-state index contributed by atoms with van der Waals surface area (Å²) in [5, 5.41) is 0. The first-order valence-corrected chi connectivity index (χ1v) is 7.14. The van der Waals surface area contributed by atoms with Gasteiger partial charge in [0.05, 0.1) is 12.5 Å². The Balaban J connectivity index is 1.88. The van der Waals surface area contributed by atoms with Crippen molar-refractivity contribution >= 4 is 5.97 Å². The van der Waals surface area contributed by atoms with Crippen LogP contribution in [0.3, 0.4) is 0 Å². The van der Waals surface area contributed by atoms with Crippen molar-refractivity contribution in [1.29, 1.82) is 0 Å². The van der Waals surface area contributed by atoms with Crippen LogP contribution in [0, 0.1) is 11.8 Å². The maximum atomic E-state index is 12.0. The van der Waals surface area contributed by atoms with Crippen LogP contribution in [0.1, 0.15) is 22.6 Å². The third-order valence-electron chi connectivity index (χ3n) is 4.65. The van der Waals surface area contributed by atoms with Gasteiger partial charge in [-0.05, 0) is 23.1 Å². The zero-order chi connectivity index (χ0) is 13.5. The first kappa shape index (κ1) is 11.7. The first-order chi connectivity index (χ1) is 9.84. The van der Waals surface area contributed by atoms with Crippen LogP contribution in [0.5, 0.6) is 0 Å². The number of ether oxygens (including phenoxy) is 1. The van der Waals surface area contributed by atoms with Crippen molar-refractivity contribution < 1.29 is 9.53 Å². The second-order valence-corrected chi connectivity index (χ2v) is 5.69. The van der Waals surface area contributed by atoms with Crippen LogP contribution in [0.25, 0.3) is 0 Å². The molecule has 1 saturated heterocycles. The molecule has 0 saturated carbocycles. The second-order valence-electron chi connectivity index (χ2n) is 5.69. The maximum absolute atomic E-state index is 12.0. The predicted octanol–water partition coefficient (Wildman–Crippen LogP) is 3.16. The highest BCUT2D eigenvalue weighted by molar-refractivity contribution is 5.76. The smallest absolute Gasteiger partial charge is 0.309 e. The van der Waals surface area contributed by atoms with Crippen LogP contribution >= 0.6 is 0 Å². The van der Waals surface area contributed by atoms with Crippen molar-refractivity contribution in [2.24, 2.45) is 11.8 Å². The molecular weight excluding hydrogens is 248 g/mol. The number of fused-ring (bicyclic) bond motifs is 2. The van der Waals surface area contributed by atoms with Gasteiger partial charge in [0, 0.05) is 11.8 Å². The molecule has 100 valence electrons. The van der Waals surface area contributed by atoms with Crippen molar-refractivity contribution in [2.75, 3.05) is 6.61 Å². The standard InChI is InChI=1S/C18H16O2/c19-18-15-10-13-8-4-5-9-14(13)17(16(15)11-20-18)12-6-2-1-3-7-12/h1-9,15-17H,10-11H2. The van der Waals surface area contributed by atoms with Gasteiger partial charge in [-0.25, -0.2) is 0 Å². The summed E-state index contributed by atoms with van der Waals surface area (Å²) in [6.45, 7) is 0.553. The average molecular weight is 264 g/mol. The van der Waals surface area contributed by atoms with E-state index in [0.717, 1.165) is 6.42 Å². The van der Waals surface area contributed by atoms with Gasteiger partial charge < -0.3 is 4.74 Å². The lowest BCUT2D eigenvalue weighted by Crippen LogP contribution is -2.30. The topological polar surface area (TPSA) is 26.3 Å². The highest BCUT2D eigenvalue weighted by atomic mass is 16.5. The molecule has 0 N–H and O–H groups in total. The van der Waals surface area contributed by atoms with E-state index in [9.17, 15) is 4.79 Å². The Morgan fingerprint density at radius 1 is 0.950 bits per heavy atom. The Bertz CT molecular complexity index is 647. The number of esters is 1. The van der Waals surface area contributed by atoms with Crippen LogP contribution in [0.4, 0.5) is 0 Å². The van der Waals surface area contributed by atoms with Crippen molar-refractivity contribution in [2.45, 2.75) is 12.3 Å². The van der Waals surface area contributed by atoms with Gasteiger partial charge in [-0.15, -0.1) is 0 Å². The minimum Gasteiger partial charge on any atom is -0.465 e. The summed E-state index contributed by atoms with van der Waals surface area (Å²) in [6.07, 6.45) is 0.822. The lowest BCUT2D eigenvalue weighted by atomic mass is 9.68. The van der Waals surface area contributed by atoms with E-state index < -0.39 is 0 Å². The molecule has 0 amide bonds. The third kappa shape index (κ3) is 1.68. The number of hydrogen-bond donors (Lipinski definition) is 0. The molecule has 3 unspecified atom stereocenters. The Kier molecular flexibility index (Phi) is 2.62. The van der Waals surface area contributed by atoms with E-state index in [1.54, 1.807) is 0 Å². The summed E-state index contributed by atoms with van der Waals surface area (Å²) < 4.78 is 5.34. The lowest BCUT2D eigenvalue weighted by molar-refractivity contribution is -0.141. The minimum atomic E-state index is -0.0227. The number of carbonyl (C=O) groups excluding carboxylic acids is 1. The fourth-order valence-corrected chi connectivity index (χ4v) is 3.72. The average Bonchev–Trinajstić information content (AvgIpc) is 2.87. The van der Waals surface area contributed by atoms with Crippen LogP contribution in [-0.4, -0.2) is 12.6 Å². The number of hydrogen-bond acceptors (Lipinski definition) is 2. The van der Waals surface area contributed by atoms with E-state index in [1.807, 2.05) is 6.07 Å². The van der Waals surface area contributed by atoms with E-state index >= 15 is 0 Å². The molecule has 0 aromatic heterocycles. The molecule has 4 rings (SSSR count). The van der Waals surface area contributed by atoms with Crippen molar-refractivity contribution in [3.63, 3.8) is 0 Å². The number of rotatable bonds is 1. The lowest BCUT2D eigenvalue weighted by Gasteiger charge is -2.33. The molecule has 0 spiro atoms. The van der Waals surface area contributed by atoms with Crippen LogP contribution in [-0.2, 0) is 16.0 Å². The molecule has 2 nitrogen and oxygen atoms in total. The summed E-state index contributed by atoms with van der Waals surface area (Å²) >= 11 is 0.